The van der Waals surface area contributed by atoms with E-state index >= 15 is 0 Å². The first-order chi connectivity index (χ1) is 15.2. The first kappa shape index (κ1) is 20.4. The number of H-pyrrole nitrogens is 1. The fourth-order valence-electron chi connectivity index (χ4n) is 3.08. The number of fused-ring (bicyclic) bond motifs is 1. The summed E-state index contributed by atoms with van der Waals surface area (Å²) in [6.45, 7) is 0.633. The molecule has 2 amide bonds. The number of carbonyl (C=O) groups excluding carboxylic acids is 2. The third-order valence-electron chi connectivity index (χ3n) is 4.65. The zero-order chi connectivity index (χ0) is 21.6. The minimum atomic E-state index is -0.205. The molecule has 0 aliphatic rings. The molecule has 9 heteroatoms. The number of methoxy groups -OCH3 is 1. The van der Waals surface area contributed by atoms with Crippen molar-refractivity contribution in [2.75, 3.05) is 25.5 Å². The molecule has 0 radical (unpaired) electrons. The molecule has 4 aromatic rings. The second-order valence-corrected chi connectivity index (χ2v) is 7.54. The van der Waals surface area contributed by atoms with Gasteiger partial charge in [-0.25, -0.2) is 4.98 Å². The monoisotopic (exact) mass is 435 g/mol. The lowest BCUT2D eigenvalue weighted by molar-refractivity contribution is 0.0930. The molecular formula is C22H21N5O3S. The average molecular weight is 436 g/mol. The number of pyridine rings is 1. The topological polar surface area (TPSA) is 108 Å². The van der Waals surface area contributed by atoms with Crippen LogP contribution >= 0.6 is 11.3 Å². The van der Waals surface area contributed by atoms with Crippen LogP contribution in [-0.2, 0) is 0 Å². The number of nitrogens with zero attached hydrogens (tertiary/aromatic N) is 1. The van der Waals surface area contributed by atoms with Crippen LogP contribution in [0.2, 0.25) is 0 Å². The molecule has 4 N–H and O–H groups in total. The lowest BCUT2D eigenvalue weighted by atomic mass is 10.2. The SMILES string of the molecule is COc1ccc(C(=O)NCCNC(=O)c2sccc2Nc2ccnc3[nH]ccc23)cc1. The zero-order valence-corrected chi connectivity index (χ0v) is 17.6. The molecule has 3 heterocycles. The molecule has 31 heavy (non-hydrogen) atoms. The van der Waals surface area contributed by atoms with E-state index in [2.05, 4.69) is 25.9 Å². The molecule has 8 nitrogen and oxygen atoms in total. The van der Waals surface area contributed by atoms with E-state index in [1.165, 1.54) is 11.3 Å². The van der Waals surface area contributed by atoms with Crippen molar-refractivity contribution in [3.05, 3.63) is 70.7 Å². The molecule has 0 atom stereocenters. The maximum Gasteiger partial charge on any atom is 0.263 e. The molecule has 0 aliphatic heterocycles. The number of nitrogens with one attached hydrogen (secondary N) is 4. The van der Waals surface area contributed by atoms with Gasteiger partial charge in [0.1, 0.15) is 16.3 Å². The van der Waals surface area contributed by atoms with E-state index in [4.69, 9.17) is 4.74 Å². The zero-order valence-electron chi connectivity index (χ0n) is 16.8. The summed E-state index contributed by atoms with van der Waals surface area (Å²) in [6.07, 6.45) is 3.53. The standard InChI is InChI=1S/C22H21N5O3S/c1-30-15-4-2-14(3-5-15)21(28)25-11-12-26-22(29)19-18(8-13-31-19)27-17-7-10-24-20-16(17)6-9-23-20/h2-10,13H,11-12H2,1H3,(H,25,28)(H,26,29)(H2,23,24,27). The highest BCUT2D eigenvalue weighted by atomic mass is 32.1. The Morgan fingerprint density at radius 2 is 1.77 bits per heavy atom. The third kappa shape index (κ3) is 4.67. The lowest BCUT2D eigenvalue weighted by Crippen LogP contribution is -2.34. The quantitative estimate of drug-likeness (QED) is 0.317. The Morgan fingerprint density at radius 3 is 2.55 bits per heavy atom. The molecule has 0 saturated heterocycles. The Labute approximate surface area is 182 Å². The molecule has 0 saturated carbocycles. The normalized spacial score (nSPS) is 10.6. The first-order valence-corrected chi connectivity index (χ1v) is 10.5. The Hall–Kier alpha value is -3.85. The van der Waals surface area contributed by atoms with Crippen molar-refractivity contribution >= 4 is 45.6 Å². The molecule has 0 aliphatic carbocycles. The van der Waals surface area contributed by atoms with Crippen molar-refractivity contribution in [3.63, 3.8) is 0 Å². The van der Waals surface area contributed by atoms with Crippen LogP contribution < -0.4 is 20.7 Å². The Bertz CT molecular complexity index is 1200. The van der Waals surface area contributed by atoms with Gasteiger partial charge in [-0.1, -0.05) is 0 Å². The molecule has 0 unspecified atom stereocenters. The van der Waals surface area contributed by atoms with Gasteiger partial charge in [0.25, 0.3) is 11.8 Å². The number of ether oxygens (including phenoxy) is 1. The summed E-state index contributed by atoms with van der Waals surface area (Å²) < 4.78 is 5.09. The van der Waals surface area contributed by atoms with Crippen molar-refractivity contribution in [2.45, 2.75) is 0 Å². The van der Waals surface area contributed by atoms with Gasteiger partial charge in [-0.15, -0.1) is 11.3 Å². The lowest BCUT2D eigenvalue weighted by Gasteiger charge is -2.10. The highest BCUT2D eigenvalue weighted by Gasteiger charge is 2.14. The Morgan fingerprint density at radius 1 is 1.00 bits per heavy atom. The van der Waals surface area contributed by atoms with E-state index in [0.29, 0.717) is 29.3 Å². The molecule has 4 rings (SSSR count). The van der Waals surface area contributed by atoms with Crippen LogP contribution in [0.15, 0.2) is 60.2 Å². The van der Waals surface area contributed by atoms with Gasteiger partial charge in [-0.3, -0.25) is 9.59 Å². The summed E-state index contributed by atoms with van der Waals surface area (Å²) >= 11 is 1.35. The largest absolute Gasteiger partial charge is 0.497 e. The van der Waals surface area contributed by atoms with Crippen LogP contribution in [0.1, 0.15) is 20.0 Å². The smallest absolute Gasteiger partial charge is 0.263 e. The Kier molecular flexibility index (Phi) is 6.13. The minimum absolute atomic E-state index is 0.199. The predicted octanol–water partition coefficient (Wildman–Crippen LogP) is 3.54. The molecule has 158 valence electrons. The van der Waals surface area contributed by atoms with E-state index in [0.717, 1.165) is 22.4 Å². The van der Waals surface area contributed by atoms with E-state index in [1.54, 1.807) is 37.6 Å². The molecule has 0 spiro atoms. The van der Waals surface area contributed by atoms with Crippen molar-refractivity contribution < 1.29 is 14.3 Å². The summed E-state index contributed by atoms with van der Waals surface area (Å²) in [5.74, 6) is 0.285. The Balaban J connectivity index is 1.31. The van der Waals surface area contributed by atoms with E-state index in [1.807, 2.05) is 29.8 Å². The number of carbonyl (C=O) groups is 2. The van der Waals surface area contributed by atoms with Crippen molar-refractivity contribution in [1.82, 2.24) is 20.6 Å². The number of hydrogen-bond acceptors (Lipinski definition) is 6. The molecular weight excluding hydrogens is 414 g/mol. The minimum Gasteiger partial charge on any atom is -0.497 e. The van der Waals surface area contributed by atoms with Crippen molar-refractivity contribution in [3.8, 4) is 5.75 Å². The number of hydrogen-bond donors (Lipinski definition) is 4. The number of aromatic amines is 1. The number of anilines is 2. The van der Waals surface area contributed by atoms with Gasteiger partial charge < -0.3 is 25.7 Å². The fraction of sp³-hybridized carbons (Fsp3) is 0.136. The summed E-state index contributed by atoms with van der Waals surface area (Å²) in [4.78, 5) is 32.7. The first-order valence-electron chi connectivity index (χ1n) is 9.63. The highest BCUT2D eigenvalue weighted by Crippen LogP contribution is 2.29. The van der Waals surface area contributed by atoms with E-state index in [9.17, 15) is 9.59 Å². The van der Waals surface area contributed by atoms with Crippen molar-refractivity contribution in [2.24, 2.45) is 0 Å². The van der Waals surface area contributed by atoms with Crippen LogP contribution in [0, 0.1) is 0 Å². The fourth-order valence-corrected chi connectivity index (χ4v) is 3.84. The summed E-state index contributed by atoms with van der Waals surface area (Å²) in [5.41, 5.74) is 2.90. The van der Waals surface area contributed by atoms with Gasteiger partial charge in [0.05, 0.1) is 18.5 Å². The van der Waals surface area contributed by atoms with Crippen LogP contribution in [-0.4, -0.2) is 42.0 Å². The van der Waals surface area contributed by atoms with Gasteiger partial charge in [0.15, 0.2) is 0 Å². The summed E-state index contributed by atoms with van der Waals surface area (Å²) in [7, 11) is 1.57. The second-order valence-electron chi connectivity index (χ2n) is 6.63. The number of aromatic nitrogens is 2. The van der Waals surface area contributed by atoms with E-state index in [-0.39, 0.29) is 11.8 Å². The van der Waals surface area contributed by atoms with Crippen LogP contribution in [0.5, 0.6) is 5.75 Å². The molecule has 3 aromatic heterocycles. The number of amides is 2. The van der Waals surface area contributed by atoms with Gasteiger partial charge in [-0.2, -0.15) is 0 Å². The molecule has 0 bridgehead atoms. The van der Waals surface area contributed by atoms with Crippen LogP contribution in [0.3, 0.4) is 0 Å². The van der Waals surface area contributed by atoms with Crippen molar-refractivity contribution in [1.29, 1.82) is 0 Å². The second kappa shape index (κ2) is 9.31. The summed E-state index contributed by atoms with van der Waals surface area (Å²) in [5, 5.41) is 11.8. The molecule has 0 fully saturated rings. The van der Waals surface area contributed by atoms with E-state index < -0.39 is 0 Å². The average Bonchev–Trinajstić information content (AvgIpc) is 3.46. The highest BCUT2D eigenvalue weighted by molar-refractivity contribution is 7.12. The third-order valence-corrected chi connectivity index (χ3v) is 5.56. The van der Waals surface area contributed by atoms with Gasteiger partial charge in [0, 0.05) is 36.4 Å². The van der Waals surface area contributed by atoms with Gasteiger partial charge >= 0.3 is 0 Å². The number of thiophene rings is 1. The van der Waals surface area contributed by atoms with Gasteiger partial charge in [-0.05, 0) is 47.8 Å². The number of benzene rings is 1. The molecule has 1 aromatic carbocycles. The van der Waals surface area contributed by atoms with Gasteiger partial charge in [0.2, 0.25) is 0 Å². The maximum absolute atomic E-state index is 12.6. The van der Waals surface area contributed by atoms with Crippen LogP contribution in [0.4, 0.5) is 11.4 Å². The summed E-state index contributed by atoms with van der Waals surface area (Å²) in [6, 6.07) is 12.5. The predicted molar refractivity (Wildman–Crippen MR) is 121 cm³/mol. The number of rotatable bonds is 8. The maximum atomic E-state index is 12.6. The van der Waals surface area contributed by atoms with Crippen LogP contribution in [0.25, 0.3) is 11.0 Å².